The molecule has 2 rings (SSSR count). The summed E-state index contributed by atoms with van der Waals surface area (Å²) in [6, 6.07) is 15.9. The second kappa shape index (κ2) is 8.19. The monoisotopic (exact) mass is 333 g/mol. The molecule has 23 heavy (non-hydrogen) atoms. The van der Waals surface area contributed by atoms with Crippen LogP contribution in [0.2, 0.25) is 0 Å². The van der Waals surface area contributed by atoms with Gasteiger partial charge in [-0.2, -0.15) is 0 Å². The summed E-state index contributed by atoms with van der Waals surface area (Å²) >= 11 is 0. The number of rotatable bonds is 6. The summed E-state index contributed by atoms with van der Waals surface area (Å²) in [7, 11) is 1.74. The number of carboxylic acid groups (broad SMARTS) is 1. The van der Waals surface area contributed by atoms with Gasteiger partial charge in [0.2, 0.25) is 0 Å². The number of nitrogens with two attached hydrogens (primary N) is 1. The number of hydrogen-bond donors (Lipinski definition) is 3. The highest BCUT2D eigenvalue weighted by Gasteiger charge is 2.23. The van der Waals surface area contributed by atoms with Crippen molar-refractivity contribution < 1.29 is 9.90 Å². The molecule has 2 aromatic rings. The van der Waals surface area contributed by atoms with Crippen LogP contribution in [0.5, 0.6) is 0 Å². The van der Waals surface area contributed by atoms with Gasteiger partial charge in [0.15, 0.2) is 0 Å². The molecule has 0 aliphatic rings. The molecule has 0 saturated carbocycles. The van der Waals surface area contributed by atoms with Crippen molar-refractivity contribution in [3.63, 3.8) is 0 Å². The Bertz CT molecular complexity index is 677. The molecule has 0 unspecified atom stereocenters. The van der Waals surface area contributed by atoms with Crippen LogP contribution in [0.4, 0.5) is 5.69 Å². The van der Waals surface area contributed by atoms with Gasteiger partial charge in [0.25, 0.3) is 0 Å². The molecule has 0 spiro atoms. The molecule has 5 nitrogen and oxygen atoms in total. The summed E-state index contributed by atoms with van der Waals surface area (Å²) in [5, 5.41) is 17.0. The lowest BCUT2D eigenvalue weighted by Crippen LogP contribution is -2.40. The number of likely N-dealkylation sites (N-methyl/N-ethyl adjacent to an activating group) is 1. The van der Waals surface area contributed by atoms with Crippen molar-refractivity contribution in [3.05, 3.63) is 65.7 Å². The normalized spacial score (nSPS) is 11.2. The standard InChI is InChI=1S/C17H19N3O2.ClH/c1-20(14-9-5-8-13(11-14)16(18)19)15(17(21)22)10-12-6-3-2-4-7-12;/h2-9,11,15H,10H2,1H3,(H3,18,19)(H,21,22);1H/t15-;/m0./s1. The number of halogens is 1. The third-order valence-corrected chi connectivity index (χ3v) is 3.59. The van der Waals surface area contributed by atoms with E-state index in [9.17, 15) is 9.90 Å². The van der Waals surface area contributed by atoms with Gasteiger partial charge < -0.3 is 15.7 Å². The number of nitrogen functional groups attached to an aromatic ring is 1. The Morgan fingerprint density at radius 2 is 1.87 bits per heavy atom. The largest absolute Gasteiger partial charge is 0.480 e. The lowest BCUT2D eigenvalue weighted by atomic mass is 10.0. The van der Waals surface area contributed by atoms with Crippen molar-refractivity contribution in [3.8, 4) is 0 Å². The average Bonchev–Trinajstić information content (AvgIpc) is 2.53. The van der Waals surface area contributed by atoms with Gasteiger partial charge in [0, 0.05) is 24.7 Å². The minimum atomic E-state index is -0.889. The quantitative estimate of drug-likeness (QED) is 0.559. The number of carbonyl (C=O) groups is 1. The topological polar surface area (TPSA) is 90.4 Å². The fraction of sp³-hybridized carbons (Fsp3) is 0.176. The smallest absolute Gasteiger partial charge is 0.326 e. The van der Waals surface area contributed by atoms with Gasteiger partial charge in [-0.25, -0.2) is 4.79 Å². The van der Waals surface area contributed by atoms with Crippen LogP contribution in [0.15, 0.2) is 54.6 Å². The fourth-order valence-electron chi connectivity index (χ4n) is 2.30. The summed E-state index contributed by atoms with van der Waals surface area (Å²) in [5.41, 5.74) is 7.75. The van der Waals surface area contributed by atoms with Gasteiger partial charge in [0.05, 0.1) is 0 Å². The zero-order valence-corrected chi connectivity index (χ0v) is 13.6. The van der Waals surface area contributed by atoms with Gasteiger partial charge in [-0.1, -0.05) is 42.5 Å². The Hall–Kier alpha value is -2.53. The van der Waals surface area contributed by atoms with E-state index in [0.717, 1.165) is 11.3 Å². The molecular weight excluding hydrogens is 314 g/mol. The summed E-state index contributed by atoms with van der Waals surface area (Å²) in [6.45, 7) is 0. The van der Waals surface area contributed by atoms with Crippen LogP contribution in [0.1, 0.15) is 11.1 Å². The second-order valence-electron chi connectivity index (χ2n) is 5.12. The van der Waals surface area contributed by atoms with E-state index in [1.165, 1.54) is 0 Å². The van der Waals surface area contributed by atoms with Crippen LogP contribution >= 0.6 is 12.4 Å². The number of carboxylic acids is 1. The van der Waals surface area contributed by atoms with Gasteiger partial charge in [-0.3, -0.25) is 5.41 Å². The Labute approximate surface area is 141 Å². The first-order valence-corrected chi connectivity index (χ1v) is 6.93. The molecular formula is C17H20ClN3O2. The van der Waals surface area contributed by atoms with Crippen molar-refractivity contribution in [2.75, 3.05) is 11.9 Å². The van der Waals surface area contributed by atoms with Crippen molar-refractivity contribution in [2.24, 2.45) is 5.73 Å². The molecule has 0 saturated heterocycles. The number of amidine groups is 1. The van der Waals surface area contributed by atoms with Gasteiger partial charge >= 0.3 is 5.97 Å². The van der Waals surface area contributed by atoms with E-state index in [2.05, 4.69) is 0 Å². The zero-order valence-electron chi connectivity index (χ0n) is 12.8. The fourth-order valence-corrected chi connectivity index (χ4v) is 2.30. The highest BCUT2D eigenvalue weighted by molar-refractivity contribution is 5.96. The molecule has 4 N–H and O–H groups in total. The Morgan fingerprint density at radius 1 is 1.22 bits per heavy atom. The van der Waals surface area contributed by atoms with E-state index >= 15 is 0 Å². The lowest BCUT2D eigenvalue weighted by Gasteiger charge is -2.27. The molecule has 6 heteroatoms. The summed E-state index contributed by atoms with van der Waals surface area (Å²) < 4.78 is 0. The predicted octanol–water partition coefficient (Wildman–Crippen LogP) is 2.52. The molecule has 0 fully saturated rings. The summed E-state index contributed by atoms with van der Waals surface area (Å²) in [5.74, 6) is -0.926. The predicted molar refractivity (Wildman–Crippen MR) is 94.7 cm³/mol. The third kappa shape index (κ3) is 4.72. The minimum absolute atomic E-state index is 0. The van der Waals surface area contributed by atoms with E-state index in [4.69, 9.17) is 11.1 Å². The first kappa shape index (κ1) is 18.5. The van der Waals surface area contributed by atoms with Crippen molar-refractivity contribution >= 4 is 29.9 Å². The molecule has 1 atom stereocenters. The number of hydrogen-bond acceptors (Lipinski definition) is 3. The van der Waals surface area contributed by atoms with Crippen LogP contribution in [0.25, 0.3) is 0 Å². The van der Waals surface area contributed by atoms with Crippen molar-refractivity contribution in [1.29, 1.82) is 5.41 Å². The molecule has 0 aliphatic heterocycles. The Morgan fingerprint density at radius 3 is 2.43 bits per heavy atom. The van der Waals surface area contributed by atoms with E-state index in [0.29, 0.717) is 12.0 Å². The maximum absolute atomic E-state index is 11.6. The number of nitrogens with one attached hydrogen (secondary N) is 1. The van der Waals surface area contributed by atoms with Gasteiger partial charge in [-0.15, -0.1) is 12.4 Å². The van der Waals surface area contributed by atoms with Crippen LogP contribution in [-0.2, 0) is 11.2 Å². The maximum Gasteiger partial charge on any atom is 0.326 e. The van der Waals surface area contributed by atoms with Crippen molar-refractivity contribution in [2.45, 2.75) is 12.5 Å². The second-order valence-corrected chi connectivity index (χ2v) is 5.12. The zero-order chi connectivity index (χ0) is 16.1. The van der Waals surface area contributed by atoms with Crippen molar-refractivity contribution in [1.82, 2.24) is 0 Å². The van der Waals surface area contributed by atoms with E-state index in [1.54, 1.807) is 30.1 Å². The van der Waals surface area contributed by atoms with E-state index in [1.807, 2.05) is 36.4 Å². The number of nitrogens with zero attached hydrogens (tertiary/aromatic N) is 1. The molecule has 0 aliphatic carbocycles. The SMILES string of the molecule is CN(c1cccc(C(=N)N)c1)[C@@H](Cc1ccccc1)C(=O)O.Cl. The molecule has 0 bridgehead atoms. The summed E-state index contributed by atoms with van der Waals surface area (Å²) in [6.07, 6.45) is 0.400. The Kier molecular flexibility index (Phi) is 6.60. The Balaban J connectivity index is 0.00000264. The first-order chi connectivity index (χ1) is 10.5. The highest BCUT2D eigenvalue weighted by Crippen LogP contribution is 2.19. The third-order valence-electron chi connectivity index (χ3n) is 3.59. The van der Waals surface area contributed by atoms with E-state index < -0.39 is 12.0 Å². The lowest BCUT2D eigenvalue weighted by molar-refractivity contribution is -0.138. The summed E-state index contributed by atoms with van der Waals surface area (Å²) in [4.78, 5) is 13.3. The molecule has 122 valence electrons. The molecule has 0 heterocycles. The average molecular weight is 334 g/mol. The van der Waals surface area contributed by atoms with E-state index in [-0.39, 0.29) is 18.2 Å². The van der Waals surface area contributed by atoms with Crippen LogP contribution < -0.4 is 10.6 Å². The first-order valence-electron chi connectivity index (χ1n) is 6.93. The highest BCUT2D eigenvalue weighted by atomic mass is 35.5. The van der Waals surface area contributed by atoms with Gasteiger partial charge in [-0.05, 0) is 17.7 Å². The van der Waals surface area contributed by atoms with Crippen LogP contribution in [0, 0.1) is 5.41 Å². The number of aliphatic carboxylic acids is 1. The number of benzene rings is 2. The number of anilines is 1. The maximum atomic E-state index is 11.6. The molecule has 0 amide bonds. The minimum Gasteiger partial charge on any atom is -0.480 e. The van der Waals surface area contributed by atoms with Crippen LogP contribution in [0.3, 0.4) is 0 Å². The molecule has 0 radical (unpaired) electrons. The molecule has 2 aromatic carbocycles. The molecule has 0 aromatic heterocycles. The van der Waals surface area contributed by atoms with Gasteiger partial charge in [0.1, 0.15) is 11.9 Å². The van der Waals surface area contributed by atoms with Crippen LogP contribution in [-0.4, -0.2) is 30.0 Å².